The number of amides is 2. The molecule has 6 nitrogen and oxygen atoms in total. The molecule has 0 radical (unpaired) electrons. The molecule has 0 aliphatic carbocycles. The van der Waals surface area contributed by atoms with Crippen molar-refractivity contribution < 1.29 is 18.4 Å². The van der Waals surface area contributed by atoms with E-state index < -0.39 is 24.1 Å². The van der Waals surface area contributed by atoms with Gasteiger partial charge >= 0.3 is 0 Å². The molecule has 1 atom stereocenters. The molecule has 8 heteroatoms. The summed E-state index contributed by atoms with van der Waals surface area (Å²) in [6.45, 7) is 4.05. The van der Waals surface area contributed by atoms with Crippen LogP contribution in [0, 0.1) is 5.92 Å². The second-order valence-corrected chi connectivity index (χ2v) is 6.96. The molecule has 2 heterocycles. The van der Waals surface area contributed by atoms with Crippen molar-refractivity contribution >= 4 is 17.5 Å². The third-order valence-corrected chi connectivity index (χ3v) is 4.60. The number of halogens is 2. The number of carbonyl (C=O) groups is 2. The van der Waals surface area contributed by atoms with E-state index in [9.17, 15) is 18.4 Å². The lowest BCUT2D eigenvalue weighted by atomic mass is 10.1. The minimum atomic E-state index is -2.85. The van der Waals surface area contributed by atoms with Crippen molar-refractivity contribution in [3.8, 4) is 0 Å². The minimum Gasteiger partial charge on any atom is -0.357 e. The van der Waals surface area contributed by atoms with Gasteiger partial charge < -0.3 is 5.32 Å². The molecular formula is C19H22F2N4O2. The lowest BCUT2D eigenvalue weighted by molar-refractivity contribution is -0.121. The maximum atomic E-state index is 13.7. The van der Waals surface area contributed by atoms with Crippen molar-refractivity contribution in [2.45, 2.75) is 39.3 Å². The van der Waals surface area contributed by atoms with E-state index in [2.05, 4.69) is 10.4 Å². The molecule has 144 valence electrons. The molecule has 1 unspecified atom stereocenters. The number of alkyl halides is 2. The molecule has 0 bridgehead atoms. The Hall–Kier alpha value is -2.77. The zero-order valence-electron chi connectivity index (χ0n) is 15.4. The Morgan fingerprint density at radius 2 is 2.00 bits per heavy atom. The lowest BCUT2D eigenvalue weighted by Gasteiger charge is -2.24. The summed E-state index contributed by atoms with van der Waals surface area (Å²) in [5.41, 5.74) is 0.811. The number of hydrogen-bond donors (Lipinski definition) is 1. The second-order valence-electron chi connectivity index (χ2n) is 6.96. The molecule has 27 heavy (non-hydrogen) atoms. The molecule has 0 saturated heterocycles. The zero-order chi connectivity index (χ0) is 19.7. The van der Waals surface area contributed by atoms with E-state index in [0.717, 1.165) is 5.56 Å². The van der Waals surface area contributed by atoms with Gasteiger partial charge in [0.2, 0.25) is 5.91 Å². The Kier molecular flexibility index (Phi) is 5.25. The van der Waals surface area contributed by atoms with Crippen molar-refractivity contribution in [3.05, 3.63) is 47.3 Å². The Bertz CT molecular complexity index is 863. The van der Waals surface area contributed by atoms with Crippen LogP contribution in [0.1, 0.15) is 41.9 Å². The number of hydrogen-bond acceptors (Lipinski definition) is 3. The summed E-state index contributed by atoms with van der Waals surface area (Å²) < 4.78 is 28.6. The van der Waals surface area contributed by atoms with Gasteiger partial charge in [0.05, 0.1) is 11.8 Å². The number of para-hydroxylation sites is 1. The topological polar surface area (TPSA) is 67.2 Å². The first kappa shape index (κ1) is 19.0. The molecule has 1 N–H and O–H groups in total. The van der Waals surface area contributed by atoms with Crippen LogP contribution in [-0.4, -0.2) is 34.7 Å². The van der Waals surface area contributed by atoms with Gasteiger partial charge in [-0.3, -0.25) is 19.2 Å². The quantitative estimate of drug-likeness (QED) is 0.873. The lowest BCUT2D eigenvalue weighted by Crippen LogP contribution is -2.47. The highest BCUT2D eigenvalue weighted by atomic mass is 19.3. The molecule has 1 aromatic carbocycles. The van der Waals surface area contributed by atoms with Crippen molar-refractivity contribution in [3.63, 3.8) is 0 Å². The summed E-state index contributed by atoms with van der Waals surface area (Å²) in [6.07, 6.45) is -1.33. The van der Waals surface area contributed by atoms with Crippen LogP contribution in [0.4, 0.5) is 14.5 Å². The Morgan fingerprint density at radius 3 is 2.63 bits per heavy atom. The van der Waals surface area contributed by atoms with E-state index in [4.69, 9.17) is 0 Å². The van der Waals surface area contributed by atoms with Crippen LogP contribution in [0.15, 0.2) is 30.5 Å². The highest BCUT2D eigenvalue weighted by Gasteiger charge is 2.40. The molecule has 1 aliphatic rings. The monoisotopic (exact) mass is 376 g/mol. The first-order valence-electron chi connectivity index (χ1n) is 8.82. The summed E-state index contributed by atoms with van der Waals surface area (Å²) >= 11 is 0. The van der Waals surface area contributed by atoms with E-state index in [1.165, 1.54) is 22.8 Å². The third kappa shape index (κ3) is 3.43. The van der Waals surface area contributed by atoms with Gasteiger partial charge in [0.1, 0.15) is 11.7 Å². The van der Waals surface area contributed by atoms with Gasteiger partial charge in [-0.05, 0) is 17.5 Å². The van der Waals surface area contributed by atoms with Gasteiger partial charge in [-0.1, -0.05) is 32.0 Å². The molecule has 1 aromatic heterocycles. The predicted octanol–water partition coefficient (Wildman–Crippen LogP) is 2.79. The molecule has 1 aliphatic heterocycles. The highest BCUT2D eigenvalue weighted by Crippen LogP contribution is 2.35. The Labute approximate surface area is 156 Å². The number of carbonyl (C=O) groups excluding carboxylic acids is 2. The van der Waals surface area contributed by atoms with Gasteiger partial charge in [-0.25, -0.2) is 8.78 Å². The maximum absolute atomic E-state index is 13.7. The van der Waals surface area contributed by atoms with Gasteiger partial charge in [0.25, 0.3) is 12.3 Å². The first-order valence-corrected chi connectivity index (χ1v) is 8.82. The number of likely N-dealkylation sites (N-methyl/N-ethyl adjacent to an activating group) is 1. The maximum Gasteiger partial charge on any atom is 0.280 e. The predicted molar refractivity (Wildman–Crippen MR) is 96.8 cm³/mol. The van der Waals surface area contributed by atoms with E-state index in [0.29, 0.717) is 12.1 Å². The number of aromatic nitrogens is 2. The Balaban J connectivity index is 2.06. The molecule has 2 amide bonds. The van der Waals surface area contributed by atoms with Crippen LogP contribution in [0.3, 0.4) is 0 Å². The van der Waals surface area contributed by atoms with Crippen LogP contribution in [0.2, 0.25) is 0 Å². The van der Waals surface area contributed by atoms with E-state index >= 15 is 0 Å². The van der Waals surface area contributed by atoms with Crippen LogP contribution < -0.4 is 10.2 Å². The normalized spacial score (nSPS) is 16.1. The fraction of sp³-hybridized carbons (Fsp3) is 0.421. The van der Waals surface area contributed by atoms with Gasteiger partial charge in [0, 0.05) is 25.7 Å². The van der Waals surface area contributed by atoms with Crippen molar-refractivity contribution in [1.29, 1.82) is 0 Å². The van der Waals surface area contributed by atoms with Crippen LogP contribution in [0.25, 0.3) is 0 Å². The minimum absolute atomic E-state index is 0.0940. The smallest absolute Gasteiger partial charge is 0.280 e. The largest absolute Gasteiger partial charge is 0.357 e. The van der Waals surface area contributed by atoms with Crippen LogP contribution >= 0.6 is 0 Å². The molecular weight excluding hydrogens is 354 g/mol. The molecule has 0 fully saturated rings. The van der Waals surface area contributed by atoms with Crippen LogP contribution in [0.5, 0.6) is 0 Å². The van der Waals surface area contributed by atoms with Crippen LogP contribution in [-0.2, 0) is 17.8 Å². The fourth-order valence-corrected chi connectivity index (χ4v) is 3.42. The van der Waals surface area contributed by atoms with Gasteiger partial charge in [-0.15, -0.1) is 0 Å². The number of rotatable bonds is 5. The summed E-state index contributed by atoms with van der Waals surface area (Å²) in [4.78, 5) is 26.9. The summed E-state index contributed by atoms with van der Waals surface area (Å²) in [6, 6.07) is 6.34. The average molecular weight is 376 g/mol. The average Bonchev–Trinajstić information content (AvgIpc) is 3.21. The standard InChI is InChI=1S/C19H22F2N4O2/c1-11(2)10-24-16(17(20)21)13(9-23-24)19(27)25-14-7-5-4-6-12(14)8-15(25)18(26)22-3/h4-7,9,11,15,17H,8,10H2,1-3H3,(H,22,26). The number of nitrogens with one attached hydrogen (secondary N) is 1. The summed E-state index contributed by atoms with van der Waals surface area (Å²) in [5, 5.41) is 6.55. The number of anilines is 1. The van der Waals surface area contributed by atoms with E-state index in [1.807, 2.05) is 26.0 Å². The summed E-state index contributed by atoms with van der Waals surface area (Å²) in [7, 11) is 1.49. The molecule has 3 rings (SSSR count). The third-order valence-electron chi connectivity index (χ3n) is 4.60. The van der Waals surface area contributed by atoms with Crippen molar-refractivity contribution in [1.82, 2.24) is 15.1 Å². The fourth-order valence-electron chi connectivity index (χ4n) is 3.42. The van der Waals surface area contributed by atoms with Gasteiger partial charge in [0.15, 0.2) is 0 Å². The Morgan fingerprint density at radius 1 is 1.30 bits per heavy atom. The van der Waals surface area contributed by atoms with Crippen molar-refractivity contribution in [2.24, 2.45) is 5.92 Å². The van der Waals surface area contributed by atoms with Gasteiger partial charge in [-0.2, -0.15) is 5.10 Å². The number of fused-ring (bicyclic) bond motifs is 1. The van der Waals surface area contributed by atoms with E-state index in [1.54, 1.807) is 12.1 Å². The van der Waals surface area contributed by atoms with Crippen molar-refractivity contribution in [2.75, 3.05) is 11.9 Å². The SMILES string of the molecule is CNC(=O)C1Cc2ccccc2N1C(=O)c1cnn(CC(C)C)c1C(F)F. The molecule has 0 spiro atoms. The highest BCUT2D eigenvalue weighted by molar-refractivity contribution is 6.12. The summed E-state index contributed by atoms with van der Waals surface area (Å²) in [5.74, 6) is -0.886. The first-order chi connectivity index (χ1) is 12.8. The molecule has 2 aromatic rings. The number of nitrogens with zero attached hydrogens (tertiary/aromatic N) is 3. The number of benzene rings is 1. The zero-order valence-corrected chi connectivity index (χ0v) is 15.4. The molecule has 0 saturated carbocycles. The van der Waals surface area contributed by atoms with E-state index in [-0.39, 0.29) is 23.9 Å². The second kappa shape index (κ2) is 7.46.